The Balaban J connectivity index is 2.42. The monoisotopic (exact) mass is 326 g/mol. The number of halogens is 1. The summed E-state index contributed by atoms with van der Waals surface area (Å²) in [6, 6.07) is 3.59. The minimum atomic E-state index is -0.712. The van der Waals surface area contributed by atoms with Crippen molar-refractivity contribution in [2.24, 2.45) is 5.92 Å². The number of methoxy groups -OCH3 is 1. The van der Waals surface area contributed by atoms with Gasteiger partial charge in [-0.05, 0) is 37.5 Å². The van der Waals surface area contributed by atoms with Crippen LogP contribution in [0.4, 0.5) is 0 Å². The summed E-state index contributed by atoms with van der Waals surface area (Å²) in [4.78, 5) is 24.3. The van der Waals surface area contributed by atoms with Crippen LogP contribution in [0, 0.1) is 5.92 Å². The van der Waals surface area contributed by atoms with Crippen molar-refractivity contribution in [2.45, 2.75) is 19.8 Å². The highest BCUT2D eigenvalue weighted by Crippen LogP contribution is 2.37. The van der Waals surface area contributed by atoms with E-state index in [0.29, 0.717) is 24.2 Å². The number of rotatable bonds is 3. The van der Waals surface area contributed by atoms with Crippen LogP contribution in [-0.4, -0.2) is 25.5 Å². The molecular weight excluding hydrogens is 312 g/mol. The molecule has 0 saturated heterocycles. The van der Waals surface area contributed by atoms with E-state index < -0.39 is 11.9 Å². The average molecular weight is 327 g/mol. The van der Waals surface area contributed by atoms with Gasteiger partial charge in [0.25, 0.3) is 0 Å². The number of Topliss-reactive ketones (excluding diaryl/α,β-unsaturated/α-hetero) is 1. The Labute approximate surface area is 120 Å². The summed E-state index contributed by atoms with van der Waals surface area (Å²) in [7, 11) is 1.52. The molecule has 0 radical (unpaired) electrons. The van der Waals surface area contributed by atoms with Gasteiger partial charge in [-0.15, -0.1) is 0 Å². The van der Waals surface area contributed by atoms with Crippen LogP contribution in [0.3, 0.4) is 0 Å². The SMILES string of the molecule is CCOC(=O)C1CCc2c(Br)ccc(OC)c2C1=O. The van der Waals surface area contributed by atoms with E-state index in [1.807, 2.05) is 6.07 Å². The van der Waals surface area contributed by atoms with Crippen LogP contribution in [0.15, 0.2) is 16.6 Å². The smallest absolute Gasteiger partial charge is 0.316 e. The van der Waals surface area contributed by atoms with Crippen LogP contribution >= 0.6 is 15.9 Å². The molecule has 5 heteroatoms. The number of esters is 1. The third kappa shape index (κ3) is 2.52. The summed E-state index contributed by atoms with van der Waals surface area (Å²) in [5, 5.41) is 0. The Morgan fingerprint density at radius 1 is 1.47 bits per heavy atom. The molecule has 2 rings (SSSR count). The predicted octanol–water partition coefficient (Wildman–Crippen LogP) is 2.77. The van der Waals surface area contributed by atoms with Crippen LogP contribution < -0.4 is 4.74 Å². The maximum absolute atomic E-state index is 12.5. The fourth-order valence-electron chi connectivity index (χ4n) is 2.35. The number of ether oxygens (including phenoxy) is 2. The van der Waals surface area contributed by atoms with Gasteiger partial charge in [0.05, 0.1) is 19.3 Å². The maximum Gasteiger partial charge on any atom is 0.316 e. The molecule has 1 aromatic rings. The fraction of sp³-hybridized carbons (Fsp3) is 0.429. The topological polar surface area (TPSA) is 52.6 Å². The van der Waals surface area contributed by atoms with Gasteiger partial charge in [-0.3, -0.25) is 9.59 Å². The second-order valence-electron chi connectivity index (χ2n) is 4.31. The molecule has 1 unspecified atom stereocenters. The number of hydrogen-bond acceptors (Lipinski definition) is 4. The van der Waals surface area contributed by atoms with E-state index in [2.05, 4.69) is 15.9 Å². The first kappa shape index (κ1) is 14.1. The summed E-state index contributed by atoms with van der Waals surface area (Å²) >= 11 is 3.44. The van der Waals surface area contributed by atoms with Crippen molar-refractivity contribution < 1.29 is 19.1 Å². The molecule has 0 saturated carbocycles. The molecule has 0 bridgehead atoms. The van der Waals surface area contributed by atoms with Gasteiger partial charge in [-0.1, -0.05) is 15.9 Å². The molecule has 0 aromatic heterocycles. The van der Waals surface area contributed by atoms with Crippen LogP contribution in [0.1, 0.15) is 29.3 Å². The van der Waals surface area contributed by atoms with Gasteiger partial charge >= 0.3 is 5.97 Å². The molecule has 0 aliphatic heterocycles. The number of benzene rings is 1. The van der Waals surface area contributed by atoms with E-state index in [4.69, 9.17) is 9.47 Å². The van der Waals surface area contributed by atoms with E-state index in [1.54, 1.807) is 13.0 Å². The minimum Gasteiger partial charge on any atom is -0.496 e. The lowest BCUT2D eigenvalue weighted by Gasteiger charge is -2.24. The molecule has 0 amide bonds. The number of hydrogen-bond donors (Lipinski definition) is 0. The Bertz CT molecular complexity index is 524. The average Bonchev–Trinajstić information content (AvgIpc) is 2.40. The van der Waals surface area contributed by atoms with Gasteiger partial charge < -0.3 is 9.47 Å². The number of fused-ring (bicyclic) bond motifs is 1. The first-order chi connectivity index (χ1) is 9.10. The van der Waals surface area contributed by atoms with Gasteiger partial charge in [0.15, 0.2) is 5.78 Å². The third-order valence-electron chi connectivity index (χ3n) is 3.25. The van der Waals surface area contributed by atoms with E-state index in [-0.39, 0.29) is 12.4 Å². The lowest BCUT2D eigenvalue weighted by Crippen LogP contribution is -2.31. The van der Waals surface area contributed by atoms with E-state index >= 15 is 0 Å². The van der Waals surface area contributed by atoms with Crippen LogP contribution in [-0.2, 0) is 16.0 Å². The Morgan fingerprint density at radius 3 is 2.84 bits per heavy atom. The zero-order valence-electron chi connectivity index (χ0n) is 10.9. The van der Waals surface area contributed by atoms with Crippen molar-refractivity contribution in [3.8, 4) is 5.75 Å². The second kappa shape index (κ2) is 5.74. The van der Waals surface area contributed by atoms with Gasteiger partial charge in [0.1, 0.15) is 11.7 Å². The zero-order valence-corrected chi connectivity index (χ0v) is 12.5. The number of carbonyl (C=O) groups excluding carboxylic acids is 2. The minimum absolute atomic E-state index is 0.210. The first-order valence-electron chi connectivity index (χ1n) is 6.16. The van der Waals surface area contributed by atoms with E-state index in [0.717, 1.165) is 10.0 Å². The van der Waals surface area contributed by atoms with E-state index in [1.165, 1.54) is 7.11 Å². The normalized spacial score (nSPS) is 17.8. The Morgan fingerprint density at radius 2 is 2.21 bits per heavy atom. The fourth-order valence-corrected chi connectivity index (χ4v) is 2.88. The van der Waals surface area contributed by atoms with Gasteiger partial charge in [-0.25, -0.2) is 0 Å². The summed E-state index contributed by atoms with van der Waals surface area (Å²) in [6.07, 6.45) is 1.14. The second-order valence-corrected chi connectivity index (χ2v) is 5.17. The van der Waals surface area contributed by atoms with E-state index in [9.17, 15) is 9.59 Å². The summed E-state index contributed by atoms with van der Waals surface area (Å²) in [6.45, 7) is 2.02. The molecular formula is C14H15BrO4. The molecule has 19 heavy (non-hydrogen) atoms. The first-order valence-corrected chi connectivity index (χ1v) is 6.95. The van der Waals surface area contributed by atoms with Crippen molar-refractivity contribution in [3.63, 3.8) is 0 Å². The molecule has 0 heterocycles. The van der Waals surface area contributed by atoms with Gasteiger partial charge in [-0.2, -0.15) is 0 Å². The zero-order chi connectivity index (χ0) is 14.0. The quantitative estimate of drug-likeness (QED) is 0.633. The van der Waals surface area contributed by atoms with Crippen molar-refractivity contribution in [1.82, 2.24) is 0 Å². The van der Waals surface area contributed by atoms with Gasteiger partial charge in [0, 0.05) is 4.47 Å². The Kier molecular flexibility index (Phi) is 4.24. The highest BCUT2D eigenvalue weighted by Gasteiger charge is 2.36. The largest absolute Gasteiger partial charge is 0.496 e. The molecule has 1 aromatic carbocycles. The summed E-state index contributed by atoms with van der Waals surface area (Å²) in [5.74, 6) is -0.856. The Hall–Kier alpha value is -1.36. The van der Waals surface area contributed by atoms with Crippen molar-refractivity contribution in [1.29, 1.82) is 0 Å². The predicted molar refractivity (Wildman–Crippen MR) is 73.5 cm³/mol. The lowest BCUT2D eigenvalue weighted by atomic mass is 9.82. The molecule has 1 aliphatic rings. The number of carbonyl (C=O) groups is 2. The summed E-state index contributed by atoms with van der Waals surface area (Å²) in [5.41, 5.74) is 1.41. The molecule has 1 atom stereocenters. The standard InChI is InChI=1S/C14H15BrO4/c1-3-19-14(17)9-5-4-8-10(15)6-7-11(18-2)12(8)13(9)16/h6-7,9H,3-5H2,1-2H3. The van der Waals surface area contributed by atoms with Crippen LogP contribution in [0.2, 0.25) is 0 Å². The molecule has 0 N–H and O–H groups in total. The molecule has 4 nitrogen and oxygen atoms in total. The highest BCUT2D eigenvalue weighted by molar-refractivity contribution is 9.10. The van der Waals surface area contributed by atoms with Gasteiger partial charge in [0.2, 0.25) is 0 Å². The molecule has 0 fully saturated rings. The third-order valence-corrected chi connectivity index (χ3v) is 4.00. The molecule has 102 valence electrons. The summed E-state index contributed by atoms with van der Waals surface area (Å²) < 4.78 is 11.1. The van der Waals surface area contributed by atoms with Crippen molar-refractivity contribution in [3.05, 3.63) is 27.7 Å². The van der Waals surface area contributed by atoms with Crippen molar-refractivity contribution in [2.75, 3.05) is 13.7 Å². The molecule has 1 aliphatic carbocycles. The highest BCUT2D eigenvalue weighted by atomic mass is 79.9. The van der Waals surface area contributed by atoms with Crippen molar-refractivity contribution >= 4 is 27.7 Å². The lowest BCUT2D eigenvalue weighted by molar-refractivity contribution is -0.146. The number of ketones is 1. The van der Waals surface area contributed by atoms with Crippen LogP contribution in [0.25, 0.3) is 0 Å². The van der Waals surface area contributed by atoms with Crippen LogP contribution in [0.5, 0.6) is 5.75 Å². The molecule has 0 spiro atoms. The maximum atomic E-state index is 12.5.